The summed E-state index contributed by atoms with van der Waals surface area (Å²) < 4.78 is 32.9. The minimum Gasteiger partial charge on any atom is -0.381 e. The number of nitrogens with one attached hydrogen (secondary N) is 1. The van der Waals surface area contributed by atoms with Crippen LogP contribution in [0.15, 0.2) is 23.1 Å². The minimum absolute atomic E-state index is 0.0350. The number of sulfonamides is 1. The first-order valence-corrected chi connectivity index (χ1v) is 8.72. The zero-order valence-electron chi connectivity index (χ0n) is 12.7. The van der Waals surface area contributed by atoms with Crippen LogP contribution in [0.25, 0.3) is 0 Å². The van der Waals surface area contributed by atoms with Crippen molar-refractivity contribution in [2.75, 3.05) is 19.8 Å². The van der Waals surface area contributed by atoms with E-state index in [-0.39, 0.29) is 10.3 Å². The Kier molecular flexibility index (Phi) is 5.03. The number of hydrogen-bond acceptors (Lipinski definition) is 4. The van der Waals surface area contributed by atoms with Crippen molar-refractivity contribution in [2.24, 2.45) is 11.1 Å². The zero-order chi connectivity index (χ0) is 15.5. The van der Waals surface area contributed by atoms with Gasteiger partial charge >= 0.3 is 0 Å². The van der Waals surface area contributed by atoms with E-state index >= 15 is 0 Å². The number of benzene rings is 1. The summed E-state index contributed by atoms with van der Waals surface area (Å²) in [7, 11) is -3.49. The standard InChI is InChI=1S/C15H24N2O3S/c1-12-3-4-14(9-13(12)10-16)21(18,19)17-11-15(2)5-7-20-8-6-15/h3-4,9,17H,5-8,10-11,16H2,1-2H3. The molecular weight excluding hydrogens is 288 g/mol. The molecule has 0 amide bonds. The molecule has 1 aromatic carbocycles. The third-order valence-electron chi connectivity index (χ3n) is 4.24. The van der Waals surface area contributed by atoms with E-state index in [0.29, 0.717) is 26.3 Å². The summed E-state index contributed by atoms with van der Waals surface area (Å²) in [5, 5.41) is 0. The van der Waals surface area contributed by atoms with E-state index in [9.17, 15) is 8.42 Å². The molecule has 0 atom stereocenters. The molecule has 0 aliphatic carbocycles. The summed E-state index contributed by atoms with van der Waals surface area (Å²) in [5.74, 6) is 0. The molecule has 1 aliphatic heterocycles. The lowest BCUT2D eigenvalue weighted by Gasteiger charge is -2.33. The lowest BCUT2D eigenvalue weighted by molar-refractivity contribution is 0.0265. The van der Waals surface area contributed by atoms with Crippen molar-refractivity contribution in [1.82, 2.24) is 4.72 Å². The Balaban J connectivity index is 2.11. The summed E-state index contributed by atoms with van der Waals surface area (Å²) in [6, 6.07) is 5.08. The third-order valence-corrected chi connectivity index (χ3v) is 5.64. The van der Waals surface area contributed by atoms with Gasteiger partial charge in [0.15, 0.2) is 0 Å². The maximum absolute atomic E-state index is 12.4. The highest BCUT2D eigenvalue weighted by atomic mass is 32.2. The first kappa shape index (κ1) is 16.4. The Morgan fingerprint density at radius 1 is 1.33 bits per heavy atom. The second-order valence-corrected chi connectivity index (χ2v) is 7.81. The van der Waals surface area contributed by atoms with Crippen molar-refractivity contribution in [3.05, 3.63) is 29.3 Å². The number of rotatable bonds is 5. The molecule has 0 aromatic heterocycles. The number of hydrogen-bond donors (Lipinski definition) is 2. The Morgan fingerprint density at radius 2 is 2.00 bits per heavy atom. The van der Waals surface area contributed by atoms with E-state index in [2.05, 4.69) is 11.6 Å². The summed E-state index contributed by atoms with van der Waals surface area (Å²) in [6.45, 7) is 6.18. The predicted molar refractivity (Wildman–Crippen MR) is 82.4 cm³/mol. The average molecular weight is 312 g/mol. The SMILES string of the molecule is Cc1ccc(S(=O)(=O)NCC2(C)CCOCC2)cc1CN. The Labute approximate surface area is 126 Å². The summed E-state index contributed by atoms with van der Waals surface area (Å²) >= 11 is 0. The molecule has 0 spiro atoms. The molecule has 1 heterocycles. The van der Waals surface area contributed by atoms with Crippen molar-refractivity contribution in [1.29, 1.82) is 0 Å². The van der Waals surface area contributed by atoms with Crippen molar-refractivity contribution < 1.29 is 13.2 Å². The van der Waals surface area contributed by atoms with Gasteiger partial charge in [-0.1, -0.05) is 13.0 Å². The van der Waals surface area contributed by atoms with Gasteiger partial charge in [0.2, 0.25) is 10.0 Å². The molecular formula is C15H24N2O3S. The minimum atomic E-state index is -3.49. The molecule has 21 heavy (non-hydrogen) atoms. The Bertz CT molecular complexity index is 593. The molecule has 1 saturated heterocycles. The molecule has 1 aliphatic rings. The molecule has 0 radical (unpaired) electrons. The van der Waals surface area contributed by atoms with E-state index in [4.69, 9.17) is 10.5 Å². The highest BCUT2D eigenvalue weighted by Gasteiger charge is 2.29. The van der Waals surface area contributed by atoms with Gasteiger partial charge in [-0.15, -0.1) is 0 Å². The van der Waals surface area contributed by atoms with Crippen LogP contribution >= 0.6 is 0 Å². The van der Waals surface area contributed by atoms with Crippen LogP contribution in [0.3, 0.4) is 0 Å². The summed E-state index contributed by atoms with van der Waals surface area (Å²) in [5.41, 5.74) is 7.47. The van der Waals surface area contributed by atoms with Gasteiger partial charge in [-0.2, -0.15) is 0 Å². The molecule has 6 heteroatoms. The Hall–Kier alpha value is -0.950. The van der Waals surface area contributed by atoms with Gasteiger partial charge in [0.05, 0.1) is 4.90 Å². The van der Waals surface area contributed by atoms with E-state index in [1.165, 1.54) is 0 Å². The second-order valence-electron chi connectivity index (χ2n) is 6.04. The fourth-order valence-electron chi connectivity index (χ4n) is 2.43. The first-order valence-electron chi connectivity index (χ1n) is 7.23. The highest BCUT2D eigenvalue weighted by molar-refractivity contribution is 7.89. The number of nitrogens with two attached hydrogens (primary N) is 1. The van der Waals surface area contributed by atoms with Gasteiger partial charge in [-0.25, -0.2) is 13.1 Å². The average Bonchev–Trinajstić information content (AvgIpc) is 2.46. The van der Waals surface area contributed by atoms with Gasteiger partial charge in [0.1, 0.15) is 0 Å². The summed E-state index contributed by atoms with van der Waals surface area (Å²) in [4.78, 5) is 0.282. The molecule has 5 nitrogen and oxygen atoms in total. The topological polar surface area (TPSA) is 81.4 Å². The fourth-order valence-corrected chi connectivity index (χ4v) is 3.68. The predicted octanol–water partition coefficient (Wildman–Crippen LogP) is 1.55. The molecule has 0 saturated carbocycles. The van der Waals surface area contributed by atoms with Crippen LogP contribution in [-0.2, 0) is 21.3 Å². The van der Waals surface area contributed by atoms with Crippen LogP contribution in [0.4, 0.5) is 0 Å². The second kappa shape index (κ2) is 6.44. The van der Waals surface area contributed by atoms with Crippen molar-refractivity contribution in [2.45, 2.75) is 38.1 Å². The zero-order valence-corrected chi connectivity index (χ0v) is 13.5. The number of ether oxygens (including phenoxy) is 1. The molecule has 118 valence electrons. The van der Waals surface area contributed by atoms with Crippen LogP contribution in [0.5, 0.6) is 0 Å². The third kappa shape index (κ3) is 4.03. The molecule has 1 aromatic rings. The molecule has 0 bridgehead atoms. The van der Waals surface area contributed by atoms with Crippen LogP contribution in [0.2, 0.25) is 0 Å². The van der Waals surface area contributed by atoms with Crippen LogP contribution in [0.1, 0.15) is 30.9 Å². The molecule has 0 unspecified atom stereocenters. The lowest BCUT2D eigenvalue weighted by atomic mass is 9.83. The van der Waals surface area contributed by atoms with Gasteiger partial charge in [0, 0.05) is 26.3 Å². The Morgan fingerprint density at radius 3 is 2.62 bits per heavy atom. The summed E-state index contributed by atoms with van der Waals surface area (Å²) in [6.07, 6.45) is 1.74. The maximum atomic E-state index is 12.4. The van der Waals surface area contributed by atoms with Crippen LogP contribution in [-0.4, -0.2) is 28.2 Å². The fraction of sp³-hybridized carbons (Fsp3) is 0.600. The van der Waals surface area contributed by atoms with E-state index < -0.39 is 10.0 Å². The monoisotopic (exact) mass is 312 g/mol. The smallest absolute Gasteiger partial charge is 0.240 e. The lowest BCUT2D eigenvalue weighted by Crippen LogP contribution is -2.39. The quantitative estimate of drug-likeness (QED) is 0.864. The van der Waals surface area contributed by atoms with Crippen LogP contribution < -0.4 is 10.5 Å². The highest BCUT2D eigenvalue weighted by Crippen LogP contribution is 2.29. The molecule has 3 N–H and O–H groups in total. The largest absolute Gasteiger partial charge is 0.381 e. The normalized spacial score (nSPS) is 18.6. The number of aryl methyl sites for hydroxylation is 1. The first-order chi connectivity index (χ1) is 9.86. The molecule has 2 rings (SSSR count). The van der Waals surface area contributed by atoms with Crippen molar-refractivity contribution >= 4 is 10.0 Å². The van der Waals surface area contributed by atoms with Crippen LogP contribution in [0, 0.1) is 12.3 Å². The van der Waals surface area contributed by atoms with E-state index in [0.717, 1.165) is 24.0 Å². The van der Waals surface area contributed by atoms with Crippen molar-refractivity contribution in [3.63, 3.8) is 0 Å². The van der Waals surface area contributed by atoms with E-state index in [1.807, 2.05) is 6.92 Å². The van der Waals surface area contributed by atoms with Crippen molar-refractivity contribution in [3.8, 4) is 0 Å². The maximum Gasteiger partial charge on any atom is 0.240 e. The van der Waals surface area contributed by atoms with Gasteiger partial charge < -0.3 is 10.5 Å². The van der Waals surface area contributed by atoms with Gasteiger partial charge in [-0.05, 0) is 48.4 Å². The molecule has 1 fully saturated rings. The van der Waals surface area contributed by atoms with Gasteiger partial charge in [-0.3, -0.25) is 0 Å². The van der Waals surface area contributed by atoms with Gasteiger partial charge in [0.25, 0.3) is 0 Å². The van der Waals surface area contributed by atoms with E-state index in [1.54, 1.807) is 18.2 Å².